The van der Waals surface area contributed by atoms with Gasteiger partial charge < -0.3 is 68.7 Å². The summed E-state index contributed by atoms with van der Waals surface area (Å²) >= 11 is 0. The monoisotopic (exact) mass is 1260 g/mol. The molecular weight excluding hydrogens is 1200 g/mol. The van der Waals surface area contributed by atoms with Gasteiger partial charge in [-0.25, -0.2) is 32.8 Å². The number of hydrogen-bond donors (Lipinski definition) is 4. The van der Waals surface area contributed by atoms with Crippen molar-refractivity contribution in [2.75, 3.05) is 58.8 Å². The van der Waals surface area contributed by atoms with E-state index in [2.05, 4.69) is 81.5 Å². The number of alkyl carbamates (subject to hydrolysis) is 1. The average Bonchev–Trinajstić information content (AvgIpc) is 0.829. The maximum Gasteiger partial charge on any atom is 0.408 e. The highest BCUT2D eigenvalue weighted by atomic mass is 31.3. The summed E-state index contributed by atoms with van der Waals surface area (Å²) in [6, 6.07) is 9.18. The Kier molecular flexibility index (Phi) is 18.6. The molecule has 88 heavy (non-hydrogen) atoms. The molecule has 0 spiro atoms. The van der Waals surface area contributed by atoms with Crippen molar-refractivity contribution in [2.45, 2.75) is 102 Å². The van der Waals surface area contributed by atoms with Crippen molar-refractivity contribution >= 4 is 63.9 Å². The lowest BCUT2D eigenvalue weighted by atomic mass is 9.81. The van der Waals surface area contributed by atoms with E-state index in [1.54, 1.807) is 16.8 Å². The summed E-state index contributed by atoms with van der Waals surface area (Å²) in [7, 11) is -16.7. The normalized spacial score (nSPS) is 20.3. The quantitative estimate of drug-likeness (QED) is 0.0319. The molecule has 6 atom stereocenters. The number of aromatic nitrogens is 3. The van der Waals surface area contributed by atoms with Gasteiger partial charge >= 0.3 is 12.1 Å². The maximum atomic E-state index is 14.1. The van der Waals surface area contributed by atoms with Crippen LogP contribution >= 0.6 is 23.5 Å². The number of rotatable bonds is 21. The maximum absolute atomic E-state index is 14.1. The number of nitrogens with two attached hydrogens (primary N) is 1. The van der Waals surface area contributed by atoms with E-state index in [-0.39, 0.29) is 61.7 Å². The Bertz CT molecular complexity index is 4090. The van der Waals surface area contributed by atoms with E-state index in [9.17, 15) is 47.9 Å². The van der Waals surface area contributed by atoms with Gasteiger partial charge in [0.2, 0.25) is 5.36 Å². The largest absolute Gasteiger partial charge is 0.756 e. The summed E-state index contributed by atoms with van der Waals surface area (Å²) in [6.45, 7) is 8.50. The molecule has 0 radical (unpaired) electrons. The van der Waals surface area contributed by atoms with E-state index >= 15 is 0 Å². The molecule has 2 amide bonds. The first-order valence-electron chi connectivity index (χ1n) is 28.8. The zero-order valence-electron chi connectivity index (χ0n) is 48.1. The van der Waals surface area contributed by atoms with Gasteiger partial charge in [0.1, 0.15) is 61.3 Å². The highest BCUT2D eigenvalue weighted by molar-refractivity contribution is 7.65. The van der Waals surface area contributed by atoms with E-state index < -0.39 is 66.5 Å². The van der Waals surface area contributed by atoms with Gasteiger partial charge in [-0.3, -0.25) is 18.5 Å². The first-order valence-corrected chi connectivity index (χ1v) is 33.2. The van der Waals surface area contributed by atoms with Crippen molar-refractivity contribution < 1.29 is 84.5 Å². The molecule has 1 saturated heterocycles. The van der Waals surface area contributed by atoms with Crippen molar-refractivity contribution in [3.63, 3.8) is 0 Å². The summed E-state index contributed by atoms with van der Waals surface area (Å²) in [5.74, 6) is 5.86. The number of carbonyl (C=O) groups excluding carboxylic acids is 2. The van der Waals surface area contributed by atoms with Gasteiger partial charge in [-0.1, -0.05) is 36.1 Å². The number of carboxylic acids is 1. The van der Waals surface area contributed by atoms with Crippen LogP contribution in [0.3, 0.4) is 0 Å². The van der Waals surface area contributed by atoms with Crippen molar-refractivity contribution in [2.24, 2.45) is 0 Å². The number of carboxylic acid groups (broad SMARTS) is 1. The zero-order valence-corrected chi connectivity index (χ0v) is 50.8. The molecule has 6 aliphatic rings. The number of amides is 2. The highest BCUT2D eigenvalue weighted by Crippen LogP contribution is 2.63. The number of nitrogens with zero attached hydrogens (tertiary/aromatic N) is 4. The first kappa shape index (κ1) is 62.5. The molecule has 4 unspecified atom stereocenters. The van der Waals surface area contributed by atoms with Crippen LogP contribution in [0.15, 0.2) is 79.3 Å². The predicted octanol–water partition coefficient (Wildman–Crippen LogP) is 5.00. The summed E-state index contributed by atoms with van der Waals surface area (Å²) in [5, 5.41) is 18.8. The van der Waals surface area contributed by atoms with Crippen LogP contribution < -0.4 is 50.9 Å². The van der Waals surface area contributed by atoms with E-state index in [1.807, 2.05) is 0 Å². The van der Waals surface area contributed by atoms with E-state index in [0.29, 0.717) is 29.2 Å². The van der Waals surface area contributed by atoms with Gasteiger partial charge in [-0.15, -0.1) is 6.58 Å². The van der Waals surface area contributed by atoms with Crippen molar-refractivity contribution in [3.05, 3.63) is 146 Å². The van der Waals surface area contributed by atoms with Crippen LogP contribution in [0.1, 0.15) is 123 Å². The number of phosphoric acid groups is 3. The number of fused-ring (bicyclic) bond motifs is 6. The number of nitrogen functional groups attached to an aromatic ring is 1. The number of anilines is 1. The van der Waals surface area contributed by atoms with Gasteiger partial charge in [0, 0.05) is 66.6 Å². The van der Waals surface area contributed by atoms with Crippen LogP contribution in [0, 0.1) is 11.8 Å². The third-order valence-electron chi connectivity index (χ3n) is 16.3. The lowest BCUT2D eigenvalue weighted by molar-refractivity contribution is -0.251. The standard InChI is InChI=1S/C60H66N7O18P3/c1-4-25-79-48-30-50(82-49(48)33-81-87(74,75)85-88(76,77)84-86(72,73)78-3)67-31-40(51-56(61)64-34-65-57(51)67)14-8-21-63-60(71)80-32-35(2)20-22-62-58(68)39-18-19-42(59(69)70)45(29-39)52-46-27-37-13-6-5-11-36-12-7-16-41(44(37)26-36)54(46)83-55-43-17-10-24-66-23-9-15-38(53(43)66)28-47(52)55/h4,11,18-19,27-29,31,34,48-50H,1-2,5-7,9-10,12-13,15-17,20-26,30,32-33H2,3H3,(H7-,61,62,63,64,65,68,69,70,71,72,73,74,75,76,77)/p-2/t48?,49-,50-/m1/s1. The second kappa shape index (κ2) is 26.1. The molecule has 6 heterocycles. The number of hydrogen-bond acceptors (Lipinski definition) is 20. The van der Waals surface area contributed by atoms with Crippen molar-refractivity contribution in [1.29, 1.82) is 0 Å². The molecule has 2 bridgehead atoms. The lowest BCUT2D eigenvalue weighted by Gasteiger charge is -2.34. The third kappa shape index (κ3) is 13.5. The second-order valence-electron chi connectivity index (χ2n) is 22.0. The zero-order chi connectivity index (χ0) is 62.1. The van der Waals surface area contributed by atoms with Crippen LogP contribution in [0.5, 0.6) is 11.5 Å². The smallest absolute Gasteiger partial charge is 0.408 e. The average molecular weight is 1260 g/mol. The van der Waals surface area contributed by atoms with Gasteiger partial charge in [0.15, 0.2) is 0 Å². The van der Waals surface area contributed by atoms with Gasteiger partial charge in [-0.05, 0) is 122 Å². The minimum atomic E-state index is -6.04. The van der Waals surface area contributed by atoms with E-state index in [4.69, 9.17) is 29.2 Å². The molecule has 5 N–H and O–H groups in total. The van der Waals surface area contributed by atoms with Crippen LogP contribution in [0.25, 0.3) is 16.6 Å². The Hall–Kier alpha value is -7.13. The molecular formula is C60H64N7O18P3-2. The summed E-state index contributed by atoms with van der Waals surface area (Å²) in [4.78, 5) is 84.6. The Morgan fingerprint density at radius 3 is 2.51 bits per heavy atom. The molecule has 2 aromatic heterocycles. The minimum Gasteiger partial charge on any atom is -0.756 e. The van der Waals surface area contributed by atoms with Crippen molar-refractivity contribution in [3.8, 4) is 23.3 Å². The van der Waals surface area contributed by atoms with Gasteiger partial charge in [-0.2, -0.15) is 0 Å². The SMILES string of the molecule is C=CCOC1C[C@H](n2cc(C#CCNC(=O)OCC(=C)CCNC(=O)c3ccc(C(=O)O)c(C4=c5cc6c7c(c5Oc5c4cc4c8c5CCCC(=CCCC4)C8)CCC[N+]=7CCC6)c3)c3c(N)ncnc32)O[C@@H]1COP(=O)([O-])OP(=O)([O-])OP(=O)([O-])OC. The fourth-order valence-electron chi connectivity index (χ4n) is 12.5. The molecule has 4 aliphatic heterocycles. The van der Waals surface area contributed by atoms with Crippen LogP contribution in [0.4, 0.5) is 10.6 Å². The fraction of sp³-hybridized carbons (Fsp3) is 0.400. The lowest BCUT2D eigenvalue weighted by Crippen LogP contribution is -2.45. The van der Waals surface area contributed by atoms with E-state index in [1.165, 1.54) is 57.7 Å². The molecule has 5 aromatic rings. The Morgan fingerprint density at radius 1 is 0.932 bits per heavy atom. The molecule has 1 fully saturated rings. The number of phosphoric ester groups is 2. The van der Waals surface area contributed by atoms with Crippen LogP contribution in [0.2, 0.25) is 0 Å². The number of aromatic carboxylic acids is 1. The molecule has 0 saturated carbocycles. The van der Waals surface area contributed by atoms with Crippen LogP contribution in [-0.4, -0.2) is 103 Å². The van der Waals surface area contributed by atoms with Gasteiger partial charge in [0.05, 0.1) is 47.9 Å². The molecule has 2 aliphatic carbocycles. The molecule has 11 rings (SSSR count). The highest BCUT2D eigenvalue weighted by Gasteiger charge is 2.40. The number of ether oxygens (including phenoxy) is 4. The summed E-state index contributed by atoms with van der Waals surface area (Å²) in [6.07, 6.45) is 13.5. The number of carbonyl (C=O) groups is 3. The number of allylic oxidation sites excluding steroid dienone is 2. The Labute approximate surface area is 505 Å². The minimum absolute atomic E-state index is 0.0111. The molecule has 28 heteroatoms. The predicted molar refractivity (Wildman–Crippen MR) is 313 cm³/mol. The molecule has 464 valence electrons. The van der Waals surface area contributed by atoms with Crippen LogP contribution in [-0.2, 0) is 77.7 Å². The Morgan fingerprint density at radius 2 is 1.72 bits per heavy atom. The first-order chi connectivity index (χ1) is 42.2. The van der Waals surface area contributed by atoms with Crippen molar-refractivity contribution in [1.82, 2.24) is 29.7 Å². The molecule has 25 nitrogen and oxygen atoms in total. The number of aryl methyl sites for hydroxylation is 2. The van der Waals surface area contributed by atoms with E-state index in [0.717, 1.165) is 117 Å². The summed E-state index contributed by atoms with van der Waals surface area (Å²) in [5.41, 5.74) is 17.4. The fourth-order valence-corrected chi connectivity index (χ4v) is 15.6. The topological polar surface area (TPSA) is 349 Å². The summed E-state index contributed by atoms with van der Waals surface area (Å²) < 4.78 is 80.7. The number of nitrogens with one attached hydrogen (secondary N) is 2. The van der Waals surface area contributed by atoms with Gasteiger partial charge in [0.25, 0.3) is 29.4 Å². The number of benzene rings is 3. The third-order valence-corrected chi connectivity index (χ3v) is 20.4. The second-order valence-corrected chi connectivity index (χ2v) is 26.6. The Balaban J connectivity index is 0.738. The molecule has 3 aromatic carbocycles.